The summed E-state index contributed by atoms with van der Waals surface area (Å²) in [5.41, 5.74) is 1.52. The molecule has 0 N–H and O–H groups in total. The van der Waals surface area contributed by atoms with E-state index in [0.29, 0.717) is 11.7 Å². The first kappa shape index (κ1) is 17.7. The quantitative estimate of drug-likeness (QED) is 0.545. The van der Waals surface area contributed by atoms with Gasteiger partial charge in [-0.25, -0.2) is 0 Å². The van der Waals surface area contributed by atoms with Gasteiger partial charge in [0.2, 0.25) is 0 Å². The molecule has 1 fully saturated rings. The average molecular weight is 306 g/mol. The monoisotopic (exact) mass is 305 g/mol. The highest BCUT2D eigenvalue weighted by Crippen LogP contribution is 2.58. The van der Waals surface area contributed by atoms with Gasteiger partial charge in [0.1, 0.15) is 0 Å². The number of nitrogens with zero attached hydrogens (tertiary/aromatic N) is 1. The number of hydrogen-bond donors (Lipinski definition) is 0. The third kappa shape index (κ3) is 5.18. The molecule has 0 heterocycles. The third-order valence-electron chi connectivity index (χ3n) is 4.99. The second-order valence-electron chi connectivity index (χ2n) is 6.53. The van der Waals surface area contributed by atoms with Crippen LogP contribution in [0, 0.1) is 5.92 Å². The van der Waals surface area contributed by atoms with Crippen molar-refractivity contribution in [3.05, 3.63) is 0 Å². The fraction of sp³-hybridized carbons (Fsp3) is 1.00. The molecule has 0 aromatic heterocycles. The number of hydrogen-bond acceptors (Lipinski definition) is 1. The van der Waals surface area contributed by atoms with Crippen molar-refractivity contribution in [3.63, 3.8) is 0 Å². The Morgan fingerprint density at radius 1 is 1.16 bits per heavy atom. The van der Waals surface area contributed by atoms with Crippen LogP contribution in [0.1, 0.15) is 65.7 Å². The van der Waals surface area contributed by atoms with Gasteiger partial charge in [0.25, 0.3) is 0 Å². The Morgan fingerprint density at radius 2 is 1.74 bits per heavy atom. The Bertz CT molecular complexity index is 241. The van der Waals surface area contributed by atoms with Crippen LogP contribution in [-0.2, 0) is 0 Å². The Labute approximate surface area is 127 Å². The average Bonchev–Trinajstić information content (AvgIpc) is 2.43. The molecule has 1 rings (SSSR count). The highest BCUT2D eigenvalue weighted by molar-refractivity contribution is 7.85. The van der Waals surface area contributed by atoms with Crippen LogP contribution in [0.4, 0.5) is 0 Å². The Kier molecular flexibility index (Phi) is 8.26. The second kappa shape index (κ2) is 8.85. The molecule has 3 unspecified atom stereocenters. The van der Waals surface area contributed by atoms with Crippen molar-refractivity contribution in [2.75, 3.05) is 14.1 Å². The van der Waals surface area contributed by atoms with E-state index in [-0.39, 0.29) is 7.27 Å². The van der Waals surface area contributed by atoms with Gasteiger partial charge in [-0.1, -0.05) is 50.8 Å². The normalized spacial score (nSPS) is 24.2. The highest BCUT2D eigenvalue weighted by Gasteiger charge is 2.33. The van der Waals surface area contributed by atoms with E-state index < -0.39 is 0 Å². The van der Waals surface area contributed by atoms with Gasteiger partial charge in [0, 0.05) is 6.04 Å². The molecule has 0 saturated heterocycles. The summed E-state index contributed by atoms with van der Waals surface area (Å²) in [7, 11) is 4.09. The van der Waals surface area contributed by atoms with E-state index in [0.717, 1.165) is 11.6 Å². The zero-order chi connectivity index (χ0) is 14.4. The summed E-state index contributed by atoms with van der Waals surface area (Å²) < 4.78 is 0. The molecule has 0 aliphatic heterocycles. The van der Waals surface area contributed by atoms with Gasteiger partial charge in [0.15, 0.2) is 0 Å². The van der Waals surface area contributed by atoms with Crippen LogP contribution in [0.5, 0.6) is 0 Å². The first-order valence-corrected chi connectivity index (χ1v) is 10.5. The molecule has 0 spiro atoms. The van der Waals surface area contributed by atoms with Crippen LogP contribution < -0.4 is 0 Å². The van der Waals surface area contributed by atoms with Crippen LogP contribution in [0.25, 0.3) is 0 Å². The Balaban J connectivity index is 2.65. The van der Waals surface area contributed by atoms with Crippen molar-refractivity contribution in [2.45, 2.75) is 83.1 Å². The van der Waals surface area contributed by atoms with Gasteiger partial charge < -0.3 is 4.90 Å². The minimum atomic E-state index is -0.323. The molecular formula is C16H33ClNP. The standard InChI is InChI=1S/C16H33ClNP/c1-6-10-16(13(2)18(4)5)14(3)19(17)15-11-8-7-9-12-15/h13-16H,6-12H2,1-5H3/t13-,14?,16?,19?/m1/s1. The minimum absolute atomic E-state index is 0.323. The van der Waals surface area contributed by atoms with E-state index >= 15 is 0 Å². The predicted molar refractivity (Wildman–Crippen MR) is 90.7 cm³/mol. The zero-order valence-electron chi connectivity index (χ0n) is 13.5. The maximum Gasteiger partial charge on any atom is 0.00954 e. The molecule has 1 saturated carbocycles. The van der Waals surface area contributed by atoms with E-state index in [2.05, 4.69) is 39.8 Å². The fourth-order valence-electron chi connectivity index (χ4n) is 3.44. The van der Waals surface area contributed by atoms with Crippen molar-refractivity contribution in [1.82, 2.24) is 4.90 Å². The molecule has 0 radical (unpaired) electrons. The lowest BCUT2D eigenvalue weighted by Gasteiger charge is -2.39. The van der Waals surface area contributed by atoms with E-state index in [9.17, 15) is 0 Å². The van der Waals surface area contributed by atoms with E-state index in [1.807, 2.05) is 0 Å². The second-order valence-corrected chi connectivity index (χ2v) is 9.94. The summed E-state index contributed by atoms with van der Waals surface area (Å²) in [6.07, 6.45) is 9.60. The molecule has 1 aliphatic carbocycles. The molecule has 3 heteroatoms. The lowest BCUT2D eigenvalue weighted by molar-refractivity contribution is 0.214. The first-order chi connectivity index (χ1) is 8.99. The molecule has 0 bridgehead atoms. The predicted octanol–water partition coefficient (Wildman–Crippen LogP) is 5.71. The molecule has 1 nitrogen and oxygen atoms in total. The summed E-state index contributed by atoms with van der Waals surface area (Å²) in [6, 6.07) is 0.641. The van der Waals surface area contributed by atoms with Crippen molar-refractivity contribution in [2.24, 2.45) is 5.92 Å². The van der Waals surface area contributed by atoms with Crippen molar-refractivity contribution >= 4 is 18.5 Å². The van der Waals surface area contributed by atoms with Crippen molar-refractivity contribution in [1.29, 1.82) is 0 Å². The molecule has 114 valence electrons. The summed E-state index contributed by atoms with van der Waals surface area (Å²) >= 11 is 6.94. The van der Waals surface area contributed by atoms with E-state index in [4.69, 9.17) is 11.2 Å². The zero-order valence-corrected chi connectivity index (χ0v) is 15.2. The largest absolute Gasteiger partial charge is 0.306 e. The first-order valence-electron chi connectivity index (χ1n) is 8.09. The van der Waals surface area contributed by atoms with Crippen molar-refractivity contribution in [3.8, 4) is 0 Å². The molecule has 0 aromatic carbocycles. The number of halogens is 1. The third-order valence-corrected chi connectivity index (χ3v) is 9.12. The SMILES string of the molecule is CCCC(C(C)P(Cl)C1CCCCC1)[C@@H](C)N(C)C. The van der Waals surface area contributed by atoms with Crippen LogP contribution >= 0.6 is 18.5 Å². The number of rotatable bonds is 7. The van der Waals surface area contributed by atoms with Crippen LogP contribution in [0.15, 0.2) is 0 Å². The smallest absolute Gasteiger partial charge is 0.00954 e. The summed E-state index contributed by atoms with van der Waals surface area (Å²) in [6.45, 7) is 7.10. The molecular weight excluding hydrogens is 273 g/mol. The van der Waals surface area contributed by atoms with Gasteiger partial charge in [0.05, 0.1) is 0 Å². The fourth-order valence-corrected chi connectivity index (χ4v) is 6.75. The van der Waals surface area contributed by atoms with Gasteiger partial charge in [-0.3, -0.25) is 0 Å². The highest BCUT2D eigenvalue weighted by atomic mass is 35.7. The molecule has 4 atom stereocenters. The van der Waals surface area contributed by atoms with Crippen LogP contribution in [-0.4, -0.2) is 36.4 Å². The molecule has 1 aliphatic rings. The summed E-state index contributed by atoms with van der Waals surface area (Å²) in [5.74, 6) is 0.755. The van der Waals surface area contributed by atoms with E-state index in [1.54, 1.807) is 0 Å². The lowest BCUT2D eigenvalue weighted by Crippen LogP contribution is -2.38. The van der Waals surface area contributed by atoms with E-state index in [1.165, 1.54) is 44.9 Å². The van der Waals surface area contributed by atoms with Gasteiger partial charge in [-0.15, -0.1) is 0 Å². The topological polar surface area (TPSA) is 3.24 Å². The summed E-state index contributed by atoms with van der Waals surface area (Å²) in [5, 5.41) is 0. The Hall–Kier alpha value is 0.680. The van der Waals surface area contributed by atoms with Gasteiger partial charge in [-0.05, 0) is 64.8 Å². The molecule has 19 heavy (non-hydrogen) atoms. The Morgan fingerprint density at radius 3 is 2.21 bits per heavy atom. The van der Waals surface area contributed by atoms with Crippen LogP contribution in [0.3, 0.4) is 0 Å². The van der Waals surface area contributed by atoms with Crippen LogP contribution in [0.2, 0.25) is 0 Å². The maximum atomic E-state index is 6.94. The molecule has 0 amide bonds. The van der Waals surface area contributed by atoms with Crippen molar-refractivity contribution < 1.29 is 0 Å². The summed E-state index contributed by atoms with van der Waals surface area (Å²) in [4.78, 5) is 2.37. The minimum Gasteiger partial charge on any atom is -0.306 e. The van der Waals surface area contributed by atoms with Gasteiger partial charge >= 0.3 is 0 Å². The van der Waals surface area contributed by atoms with Gasteiger partial charge in [-0.2, -0.15) is 0 Å². The lowest BCUT2D eigenvalue weighted by atomic mass is 9.92. The maximum absolute atomic E-state index is 6.94. The molecule has 0 aromatic rings.